The summed E-state index contributed by atoms with van der Waals surface area (Å²) in [6.45, 7) is 2.29. The Bertz CT molecular complexity index is 617. The van der Waals surface area contributed by atoms with E-state index in [1.165, 1.54) is 0 Å². The molecule has 0 aliphatic heterocycles. The first-order valence-electron chi connectivity index (χ1n) is 6.09. The summed E-state index contributed by atoms with van der Waals surface area (Å²) in [5, 5.41) is 1.20. The Hall–Kier alpha value is -0.740. The van der Waals surface area contributed by atoms with Crippen LogP contribution in [0, 0.1) is 0 Å². The van der Waals surface area contributed by atoms with Gasteiger partial charge in [-0.2, -0.15) is 0 Å². The fourth-order valence-electron chi connectivity index (χ4n) is 1.80. The topological polar surface area (TPSA) is 35.2 Å². The van der Waals surface area contributed by atoms with E-state index in [1.807, 2.05) is 31.2 Å². The highest BCUT2D eigenvalue weighted by Gasteiger charge is 2.10. The predicted molar refractivity (Wildman–Crippen MR) is 87.5 cm³/mol. The molecule has 2 aromatic carbocycles. The van der Waals surface area contributed by atoms with E-state index < -0.39 is 0 Å². The number of hydrogen-bond acceptors (Lipinski definition) is 2. The lowest BCUT2D eigenvalue weighted by Gasteiger charge is -2.15. The largest absolute Gasteiger partial charge is 0.489 e. The van der Waals surface area contributed by atoms with Gasteiger partial charge in [-0.25, -0.2) is 0 Å². The molecule has 0 spiro atoms. The van der Waals surface area contributed by atoms with E-state index in [2.05, 4.69) is 15.9 Å². The van der Waals surface area contributed by atoms with Crippen molar-refractivity contribution in [1.82, 2.24) is 0 Å². The Kier molecular flexibility index (Phi) is 5.33. The third-order valence-electron chi connectivity index (χ3n) is 2.86. The number of ether oxygens (including phenoxy) is 1. The van der Waals surface area contributed by atoms with Gasteiger partial charge in [0.25, 0.3) is 0 Å². The van der Waals surface area contributed by atoms with Crippen molar-refractivity contribution in [2.24, 2.45) is 5.73 Å². The van der Waals surface area contributed by atoms with Gasteiger partial charge < -0.3 is 10.5 Å². The molecule has 1 atom stereocenters. The van der Waals surface area contributed by atoms with Crippen LogP contribution in [-0.2, 0) is 6.61 Å². The summed E-state index contributed by atoms with van der Waals surface area (Å²) >= 11 is 15.4. The van der Waals surface area contributed by atoms with Crippen LogP contribution in [0.2, 0.25) is 10.0 Å². The van der Waals surface area contributed by atoms with Crippen molar-refractivity contribution in [3.8, 4) is 5.75 Å². The monoisotopic (exact) mass is 373 g/mol. The molecule has 5 heteroatoms. The van der Waals surface area contributed by atoms with E-state index in [-0.39, 0.29) is 6.04 Å². The Morgan fingerprint density at radius 1 is 1.20 bits per heavy atom. The fraction of sp³-hybridized carbons (Fsp3) is 0.200. The van der Waals surface area contributed by atoms with Gasteiger partial charge in [0.1, 0.15) is 12.4 Å². The highest BCUT2D eigenvalue weighted by molar-refractivity contribution is 9.10. The third-order valence-corrected chi connectivity index (χ3v) is 3.94. The first-order chi connectivity index (χ1) is 9.47. The van der Waals surface area contributed by atoms with Gasteiger partial charge in [-0.05, 0) is 37.3 Å². The zero-order valence-electron chi connectivity index (χ0n) is 10.9. The second-order valence-corrected chi connectivity index (χ2v) is 6.25. The lowest BCUT2D eigenvalue weighted by Crippen LogP contribution is -2.08. The van der Waals surface area contributed by atoms with E-state index >= 15 is 0 Å². The van der Waals surface area contributed by atoms with Crippen molar-refractivity contribution in [3.63, 3.8) is 0 Å². The van der Waals surface area contributed by atoms with E-state index in [1.54, 1.807) is 12.1 Å². The zero-order chi connectivity index (χ0) is 14.7. The smallest absolute Gasteiger partial charge is 0.124 e. The highest BCUT2D eigenvalue weighted by Crippen LogP contribution is 2.29. The zero-order valence-corrected chi connectivity index (χ0v) is 14.0. The van der Waals surface area contributed by atoms with Crippen molar-refractivity contribution in [1.29, 1.82) is 0 Å². The van der Waals surface area contributed by atoms with Gasteiger partial charge in [0, 0.05) is 31.7 Å². The highest BCUT2D eigenvalue weighted by atomic mass is 79.9. The average molecular weight is 375 g/mol. The Balaban J connectivity index is 2.18. The number of rotatable bonds is 4. The molecule has 0 aliphatic rings. The normalized spacial score (nSPS) is 12.2. The molecule has 0 unspecified atom stereocenters. The van der Waals surface area contributed by atoms with Crippen molar-refractivity contribution in [2.45, 2.75) is 19.6 Å². The number of hydrogen-bond donors (Lipinski definition) is 1. The SMILES string of the molecule is C[C@@H](N)c1cc(Br)ccc1OCc1ccc(Cl)cc1Cl. The van der Waals surface area contributed by atoms with Gasteiger partial charge in [0.15, 0.2) is 0 Å². The Morgan fingerprint density at radius 3 is 2.60 bits per heavy atom. The van der Waals surface area contributed by atoms with Crippen LogP contribution in [0.3, 0.4) is 0 Å². The molecule has 0 heterocycles. The lowest BCUT2D eigenvalue weighted by atomic mass is 10.1. The number of halogens is 3. The number of benzene rings is 2. The van der Waals surface area contributed by atoms with Crippen LogP contribution < -0.4 is 10.5 Å². The summed E-state index contributed by atoms with van der Waals surface area (Å²) in [4.78, 5) is 0. The van der Waals surface area contributed by atoms with Gasteiger partial charge >= 0.3 is 0 Å². The first kappa shape index (κ1) is 15.6. The van der Waals surface area contributed by atoms with Crippen LogP contribution in [0.4, 0.5) is 0 Å². The predicted octanol–water partition coefficient (Wildman–Crippen LogP) is 5.35. The minimum absolute atomic E-state index is 0.108. The van der Waals surface area contributed by atoms with Crippen LogP contribution in [0.5, 0.6) is 5.75 Å². The minimum Gasteiger partial charge on any atom is -0.489 e. The fourth-order valence-corrected chi connectivity index (χ4v) is 2.64. The van der Waals surface area contributed by atoms with Gasteiger partial charge in [0.05, 0.1) is 0 Å². The van der Waals surface area contributed by atoms with Crippen LogP contribution in [0.25, 0.3) is 0 Å². The minimum atomic E-state index is -0.108. The van der Waals surface area contributed by atoms with Crippen molar-refractivity contribution in [3.05, 3.63) is 62.0 Å². The lowest BCUT2D eigenvalue weighted by molar-refractivity contribution is 0.301. The summed E-state index contributed by atoms with van der Waals surface area (Å²) in [6.07, 6.45) is 0. The molecule has 0 bridgehead atoms. The molecule has 0 fully saturated rings. The van der Waals surface area contributed by atoms with Crippen molar-refractivity contribution < 1.29 is 4.74 Å². The van der Waals surface area contributed by atoms with Crippen molar-refractivity contribution >= 4 is 39.1 Å². The summed E-state index contributed by atoms with van der Waals surface area (Å²) in [5.41, 5.74) is 7.79. The maximum absolute atomic E-state index is 6.13. The first-order valence-corrected chi connectivity index (χ1v) is 7.64. The molecule has 0 aromatic heterocycles. The molecule has 0 radical (unpaired) electrons. The average Bonchev–Trinajstić information content (AvgIpc) is 2.38. The summed E-state index contributed by atoms with van der Waals surface area (Å²) in [5.74, 6) is 0.759. The molecular formula is C15H14BrCl2NO. The third kappa shape index (κ3) is 3.89. The van der Waals surface area contributed by atoms with Crippen LogP contribution in [0.15, 0.2) is 40.9 Å². The van der Waals surface area contributed by atoms with E-state index in [0.29, 0.717) is 16.7 Å². The molecule has 0 amide bonds. The van der Waals surface area contributed by atoms with E-state index in [9.17, 15) is 0 Å². The van der Waals surface area contributed by atoms with Gasteiger partial charge in [-0.1, -0.05) is 45.2 Å². The molecule has 2 aromatic rings. The second-order valence-electron chi connectivity index (χ2n) is 4.50. The Morgan fingerprint density at radius 2 is 1.95 bits per heavy atom. The van der Waals surface area contributed by atoms with Crippen LogP contribution >= 0.6 is 39.1 Å². The summed E-state index contributed by atoms with van der Waals surface area (Å²) in [7, 11) is 0. The Labute approximate surface area is 137 Å². The molecule has 2 nitrogen and oxygen atoms in total. The quantitative estimate of drug-likeness (QED) is 0.782. The molecule has 2 N–H and O–H groups in total. The maximum atomic E-state index is 6.13. The molecule has 20 heavy (non-hydrogen) atoms. The summed E-state index contributed by atoms with van der Waals surface area (Å²) in [6, 6.07) is 11.0. The summed E-state index contributed by atoms with van der Waals surface area (Å²) < 4.78 is 6.81. The number of nitrogens with two attached hydrogens (primary N) is 1. The molecule has 0 aliphatic carbocycles. The van der Waals surface area contributed by atoms with Crippen LogP contribution in [-0.4, -0.2) is 0 Å². The second kappa shape index (κ2) is 6.81. The van der Waals surface area contributed by atoms with Crippen LogP contribution in [0.1, 0.15) is 24.1 Å². The van der Waals surface area contributed by atoms with Gasteiger partial charge in [0.2, 0.25) is 0 Å². The van der Waals surface area contributed by atoms with E-state index in [0.717, 1.165) is 21.3 Å². The molecule has 106 valence electrons. The van der Waals surface area contributed by atoms with Gasteiger partial charge in [-0.15, -0.1) is 0 Å². The van der Waals surface area contributed by atoms with E-state index in [4.69, 9.17) is 33.7 Å². The maximum Gasteiger partial charge on any atom is 0.124 e. The molecular weight excluding hydrogens is 361 g/mol. The standard InChI is InChI=1S/C15H14BrCl2NO/c1-9(19)13-6-11(16)3-5-15(13)20-8-10-2-4-12(17)7-14(10)18/h2-7,9H,8,19H2,1H3/t9-/m1/s1. The van der Waals surface area contributed by atoms with Crippen molar-refractivity contribution in [2.75, 3.05) is 0 Å². The molecule has 0 saturated carbocycles. The molecule has 0 saturated heterocycles. The van der Waals surface area contributed by atoms with Gasteiger partial charge in [-0.3, -0.25) is 0 Å². The molecule has 2 rings (SSSR count).